The van der Waals surface area contributed by atoms with Crippen molar-refractivity contribution in [1.29, 1.82) is 0 Å². The van der Waals surface area contributed by atoms with Crippen LogP contribution in [0.25, 0.3) is 0 Å². The highest BCUT2D eigenvalue weighted by molar-refractivity contribution is 8.00. The van der Waals surface area contributed by atoms with E-state index < -0.39 is 28.1 Å². The number of nitrogens with zero attached hydrogens (tertiary/aromatic N) is 3. The summed E-state index contributed by atoms with van der Waals surface area (Å²) < 4.78 is 52.8. The van der Waals surface area contributed by atoms with Gasteiger partial charge in [0.1, 0.15) is 6.17 Å². The summed E-state index contributed by atoms with van der Waals surface area (Å²) in [4.78, 5) is 13.2. The molecule has 0 radical (unpaired) electrons. The molecule has 134 valence electrons. The number of rotatable bonds is 4. The Bertz CT molecular complexity index is 617. The maximum atomic E-state index is 14.2. The van der Waals surface area contributed by atoms with Crippen LogP contribution in [0, 0.1) is 5.92 Å². The Morgan fingerprint density at radius 1 is 1.25 bits per heavy atom. The third kappa shape index (κ3) is 3.84. The first kappa shape index (κ1) is 19.4. The van der Waals surface area contributed by atoms with E-state index in [0.29, 0.717) is 11.9 Å². The quantitative estimate of drug-likeness (QED) is 0.288. The third-order valence-electron chi connectivity index (χ3n) is 3.26. The summed E-state index contributed by atoms with van der Waals surface area (Å²) >= 11 is 11.9. The predicted molar refractivity (Wildman–Crippen MR) is 85.8 cm³/mol. The molecule has 4 nitrogen and oxygen atoms in total. The molecule has 1 unspecified atom stereocenters. The lowest BCUT2D eigenvalue weighted by molar-refractivity contribution is -0.137. The Labute approximate surface area is 150 Å². The van der Waals surface area contributed by atoms with Crippen molar-refractivity contribution in [3.63, 3.8) is 0 Å². The van der Waals surface area contributed by atoms with Gasteiger partial charge in [0.05, 0.1) is 5.56 Å². The molecule has 11 heteroatoms. The number of carbonyl (C=O) groups is 1. The zero-order valence-electron chi connectivity index (χ0n) is 12.5. The lowest BCUT2D eigenvalue weighted by Gasteiger charge is -2.30. The van der Waals surface area contributed by atoms with Crippen LogP contribution in [-0.2, 0) is 6.18 Å². The van der Waals surface area contributed by atoms with Crippen LogP contribution in [0.5, 0.6) is 0 Å². The van der Waals surface area contributed by atoms with Gasteiger partial charge in [-0.2, -0.15) is 13.2 Å². The van der Waals surface area contributed by atoms with Crippen molar-refractivity contribution in [2.75, 3.05) is 4.90 Å². The van der Waals surface area contributed by atoms with Gasteiger partial charge >= 0.3 is 12.2 Å². The second-order valence-electron chi connectivity index (χ2n) is 5.29. The van der Waals surface area contributed by atoms with Gasteiger partial charge in [0, 0.05) is 5.69 Å². The molecule has 2 rings (SSSR count). The van der Waals surface area contributed by atoms with E-state index in [1.54, 1.807) is 13.8 Å². The molecule has 1 saturated heterocycles. The number of hydrazine groups is 1. The fraction of sp³-hybridized carbons (Fsp3) is 0.462. The highest BCUT2D eigenvalue weighted by Gasteiger charge is 2.49. The zero-order chi connectivity index (χ0) is 18.2. The number of benzene rings is 1. The Morgan fingerprint density at radius 2 is 1.88 bits per heavy atom. The van der Waals surface area contributed by atoms with Crippen molar-refractivity contribution in [2.24, 2.45) is 5.92 Å². The molecule has 2 amide bonds. The number of anilines is 1. The molecular formula is C13H13Cl2F4N3OS. The minimum absolute atomic E-state index is 0.0695. The molecule has 0 N–H and O–H groups in total. The van der Waals surface area contributed by atoms with E-state index in [-0.39, 0.29) is 16.8 Å². The summed E-state index contributed by atoms with van der Waals surface area (Å²) in [5.41, 5.74) is -1.00. The van der Waals surface area contributed by atoms with Gasteiger partial charge in [-0.15, -0.1) is 4.41 Å². The average Bonchev–Trinajstić information content (AvgIpc) is 2.71. The van der Waals surface area contributed by atoms with E-state index in [9.17, 15) is 22.4 Å². The summed E-state index contributed by atoms with van der Waals surface area (Å²) in [5.74, 6) is -0.316. The third-order valence-corrected chi connectivity index (χ3v) is 4.48. The van der Waals surface area contributed by atoms with Crippen LogP contribution in [0.1, 0.15) is 19.4 Å². The van der Waals surface area contributed by atoms with Crippen LogP contribution in [0.3, 0.4) is 0 Å². The largest absolute Gasteiger partial charge is 0.416 e. The molecule has 0 spiro atoms. The van der Waals surface area contributed by atoms with E-state index >= 15 is 0 Å². The van der Waals surface area contributed by atoms with Crippen LogP contribution < -0.4 is 4.90 Å². The van der Waals surface area contributed by atoms with Crippen LogP contribution >= 0.6 is 35.1 Å². The smallest absolute Gasteiger partial charge is 0.272 e. The molecule has 1 heterocycles. The standard InChI is InChI=1S/C13H13Cl2F4N3OS/c1-7(2)10-20(12(23)21(19)22(10)24-11(14)15)9-5-3-4-8(6-9)13(16,17)18/h3-7,10-11H,1-2H3. The van der Waals surface area contributed by atoms with E-state index in [4.69, 9.17) is 23.2 Å². The van der Waals surface area contributed by atoms with Gasteiger partial charge in [0.2, 0.25) is 0 Å². The average molecular weight is 406 g/mol. The maximum absolute atomic E-state index is 14.2. The first-order valence-electron chi connectivity index (χ1n) is 6.74. The van der Waals surface area contributed by atoms with Gasteiger partial charge in [-0.1, -0.05) is 52.8 Å². The van der Waals surface area contributed by atoms with Crippen LogP contribution in [0.4, 0.5) is 28.1 Å². The van der Waals surface area contributed by atoms with Crippen molar-refractivity contribution < 1.29 is 22.4 Å². The monoisotopic (exact) mass is 405 g/mol. The highest BCUT2D eigenvalue weighted by atomic mass is 35.5. The number of urea groups is 1. The van der Waals surface area contributed by atoms with Crippen LogP contribution in [0.2, 0.25) is 0 Å². The van der Waals surface area contributed by atoms with E-state index in [0.717, 1.165) is 27.5 Å². The second-order valence-corrected chi connectivity index (χ2v) is 7.96. The number of carbonyl (C=O) groups excluding carboxylic acids is 1. The number of hydrogen-bond acceptors (Lipinski definition) is 3. The van der Waals surface area contributed by atoms with Gasteiger partial charge < -0.3 is 0 Å². The molecule has 24 heavy (non-hydrogen) atoms. The fourth-order valence-electron chi connectivity index (χ4n) is 2.32. The fourth-order valence-corrected chi connectivity index (χ4v) is 3.59. The molecule has 0 bridgehead atoms. The molecule has 0 saturated carbocycles. The minimum Gasteiger partial charge on any atom is -0.272 e. The first-order chi connectivity index (χ1) is 11.0. The van der Waals surface area contributed by atoms with Gasteiger partial charge in [-0.3, -0.25) is 4.90 Å². The van der Waals surface area contributed by atoms with Gasteiger partial charge in [0.15, 0.2) is 4.17 Å². The topological polar surface area (TPSA) is 26.8 Å². The molecule has 0 aliphatic carbocycles. The SMILES string of the molecule is CC(C)C1N(c2cccc(C(F)(F)F)c2)C(=O)N(F)N1SC(Cl)Cl. The minimum atomic E-state index is -4.58. The van der Waals surface area contributed by atoms with E-state index in [1.165, 1.54) is 6.07 Å². The van der Waals surface area contributed by atoms with Gasteiger partial charge in [-0.05, 0) is 36.1 Å². The van der Waals surface area contributed by atoms with Crippen molar-refractivity contribution in [1.82, 2.24) is 9.65 Å². The molecule has 1 aromatic rings. The molecule has 1 aliphatic heterocycles. The molecule has 1 aromatic carbocycles. The number of alkyl halides is 5. The zero-order valence-corrected chi connectivity index (χ0v) is 14.8. The molecule has 0 aromatic heterocycles. The Morgan fingerprint density at radius 3 is 2.38 bits per heavy atom. The van der Waals surface area contributed by atoms with Crippen molar-refractivity contribution in [3.8, 4) is 0 Å². The normalized spacial score (nSPS) is 19.9. The number of halogens is 6. The molecule has 1 aliphatic rings. The summed E-state index contributed by atoms with van der Waals surface area (Å²) in [6, 6.07) is 3.03. The Kier molecular flexibility index (Phi) is 5.79. The highest BCUT2D eigenvalue weighted by Crippen LogP contribution is 2.41. The van der Waals surface area contributed by atoms with Gasteiger partial charge in [0.25, 0.3) is 0 Å². The van der Waals surface area contributed by atoms with E-state index in [1.807, 2.05) is 0 Å². The first-order valence-corrected chi connectivity index (χ1v) is 8.45. The summed E-state index contributed by atoms with van der Waals surface area (Å²) in [6.07, 6.45) is -5.47. The van der Waals surface area contributed by atoms with Crippen molar-refractivity contribution >= 4 is 46.9 Å². The number of amides is 2. The van der Waals surface area contributed by atoms with Crippen molar-refractivity contribution in [2.45, 2.75) is 30.4 Å². The Balaban J connectivity index is 2.46. The second kappa shape index (κ2) is 7.15. The lowest BCUT2D eigenvalue weighted by Crippen LogP contribution is -2.41. The van der Waals surface area contributed by atoms with E-state index in [2.05, 4.69) is 0 Å². The van der Waals surface area contributed by atoms with Crippen LogP contribution in [0.15, 0.2) is 24.3 Å². The molecule has 1 atom stereocenters. The molecular weight excluding hydrogens is 393 g/mol. The molecule has 1 fully saturated rings. The maximum Gasteiger partial charge on any atom is 0.416 e. The predicted octanol–water partition coefficient (Wildman–Crippen LogP) is 5.44. The number of hydrogen-bond donors (Lipinski definition) is 0. The summed E-state index contributed by atoms with van der Waals surface area (Å²) in [5, 5.41) is -0.201. The Hall–Kier alpha value is -0.900. The van der Waals surface area contributed by atoms with Gasteiger partial charge in [-0.25, -0.2) is 4.79 Å². The summed E-state index contributed by atoms with van der Waals surface area (Å²) in [6.45, 7) is 3.39. The lowest BCUT2D eigenvalue weighted by atomic mass is 10.1. The van der Waals surface area contributed by atoms with Crippen molar-refractivity contribution in [3.05, 3.63) is 29.8 Å². The van der Waals surface area contributed by atoms with Crippen LogP contribution in [-0.4, -0.2) is 26.0 Å². The summed E-state index contributed by atoms with van der Waals surface area (Å²) in [7, 11) is 0.